The molecule has 0 aliphatic heterocycles. The molecule has 0 amide bonds. The fourth-order valence-electron chi connectivity index (χ4n) is 2.70. The lowest BCUT2D eigenvalue weighted by Gasteiger charge is -2.13. The van der Waals surface area contributed by atoms with Crippen LogP contribution in [0.2, 0.25) is 5.02 Å². The summed E-state index contributed by atoms with van der Waals surface area (Å²) in [5.41, 5.74) is 2.49. The van der Waals surface area contributed by atoms with Gasteiger partial charge in [-0.05, 0) is 35.9 Å². The van der Waals surface area contributed by atoms with Crippen molar-refractivity contribution in [1.29, 1.82) is 0 Å². The maximum atomic E-state index is 10.3. The molecule has 0 spiro atoms. The fourth-order valence-corrected chi connectivity index (χ4v) is 2.87. The third-order valence-corrected chi connectivity index (χ3v) is 4.33. The minimum Gasteiger partial charge on any atom is -0.505 e. The summed E-state index contributed by atoms with van der Waals surface area (Å²) in [6, 6.07) is 19.3. The van der Waals surface area contributed by atoms with E-state index >= 15 is 0 Å². The van der Waals surface area contributed by atoms with Gasteiger partial charge in [0.25, 0.3) is 0 Å². The number of aliphatic hydroxyl groups excluding tert-OH is 1. The zero-order chi connectivity index (χ0) is 18.8. The molecule has 27 heavy (non-hydrogen) atoms. The Morgan fingerprint density at radius 3 is 2.52 bits per heavy atom. The number of hydrogen-bond donors (Lipinski definition) is 2. The van der Waals surface area contributed by atoms with Crippen LogP contribution < -0.4 is 4.74 Å². The van der Waals surface area contributed by atoms with Crippen molar-refractivity contribution in [1.82, 2.24) is 15.0 Å². The Morgan fingerprint density at radius 1 is 0.963 bits per heavy atom. The number of phenols is 1. The highest BCUT2D eigenvalue weighted by Gasteiger charge is 2.12. The number of hydrogen-bond acceptors (Lipinski definition) is 5. The largest absolute Gasteiger partial charge is 0.505 e. The first kappa shape index (κ1) is 17.3. The molecule has 0 saturated heterocycles. The maximum absolute atomic E-state index is 10.3. The van der Waals surface area contributed by atoms with Gasteiger partial charge in [0.15, 0.2) is 0 Å². The van der Waals surface area contributed by atoms with Crippen LogP contribution in [0.15, 0.2) is 66.7 Å². The molecule has 2 N–H and O–H groups in total. The fraction of sp³-hybridized carbons (Fsp3) is 0.100. The Labute approximate surface area is 160 Å². The van der Waals surface area contributed by atoms with Crippen molar-refractivity contribution in [3.05, 3.63) is 77.3 Å². The lowest BCUT2D eigenvalue weighted by molar-refractivity contribution is 0.108. The Morgan fingerprint density at radius 2 is 1.74 bits per heavy atom. The molecule has 7 heteroatoms. The number of aliphatic hydroxyl groups is 1. The maximum Gasteiger partial charge on any atom is 0.146 e. The summed E-state index contributed by atoms with van der Waals surface area (Å²) in [7, 11) is 0. The van der Waals surface area contributed by atoms with E-state index in [2.05, 4.69) is 10.2 Å². The number of aromatic hydroxyl groups is 1. The van der Waals surface area contributed by atoms with Gasteiger partial charge < -0.3 is 14.9 Å². The molecular weight excluding hydrogens is 366 g/mol. The monoisotopic (exact) mass is 381 g/mol. The second-order valence-electron chi connectivity index (χ2n) is 6.01. The molecule has 4 aromatic rings. The van der Waals surface area contributed by atoms with Crippen LogP contribution in [-0.4, -0.2) is 31.8 Å². The van der Waals surface area contributed by atoms with Crippen molar-refractivity contribution in [3.63, 3.8) is 0 Å². The van der Waals surface area contributed by atoms with Crippen LogP contribution in [0.3, 0.4) is 0 Å². The van der Waals surface area contributed by atoms with Crippen molar-refractivity contribution in [2.24, 2.45) is 0 Å². The Kier molecular flexibility index (Phi) is 4.66. The molecular formula is C20H16ClN3O3. The van der Waals surface area contributed by atoms with Crippen LogP contribution >= 0.6 is 11.6 Å². The predicted octanol–water partition coefficient (Wildman–Crippen LogP) is 3.89. The molecule has 136 valence electrons. The molecule has 0 aliphatic carbocycles. The molecule has 1 unspecified atom stereocenters. The van der Waals surface area contributed by atoms with Crippen LogP contribution in [0.4, 0.5) is 0 Å². The molecule has 0 radical (unpaired) electrons. The van der Waals surface area contributed by atoms with Crippen molar-refractivity contribution in [3.8, 4) is 17.2 Å². The topological polar surface area (TPSA) is 80.4 Å². The van der Waals surface area contributed by atoms with Crippen molar-refractivity contribution >= 4 is 22.6 Å². The van der Waals surface area contributed by atoms with E-state index in [1.54, 1.807) is 30.3 Å². The lowest BCUT2D eigenvalue weighted by atomic mass is 10.1. The number of phenolic OH excluding ortho intramolecular Hbond substituents is 1. The summed E-state index contributed by atoms with van der Waals surface area (Å²) < 4.78 is 5.59. The van der Waals surface area contributed by atoms with E-state index in [0.717, 1.165) is 5.56 Å². The van der Waals surface area contributed by atoms with Gasteiger partial charge in [-0.25, -0.2) is 0 Å². The third-order valence-electron chi connectivity index (χ3n) is 4.10. The minimum atomic E-state index is -0.754. The average Bonchev–Trinajstić information content (AvgIpc) is 3.09. The highest BCUT2D eigenvalue weighted by atomic mass is 35.5. The number of halogens is 1. The summed E-state index contributed by atoms with van der Waals surface area (Å²) in [4.78, 5) is 1.35. The summed E-state index contributed by atoms with van der Waals surface area (Å²) in [6.45, 7) is 0.0746. The van der Waals surface area contributed by atoms with Gasteiger partial charge in [-0.2, -0.15) is 0 Å². The molecule has 4 rings (SSSR count). The van der Waals surface area contributed by atoms with Crippen LogP contribution in [0.25, 0.3) is 16.7 Å². The lowest BCUT2D eigenvalue weighted by Crippen LogP contribution is -2.09. The number of fused-ring (bicyclic) bond motifs is 1. The van der Waals surface area contributed by atoms with Gasteiger partial charge >= 0.3 is 0 Å². The zero-order valence-electron chi connectivity index (χ0n) is 14.2. The Balaban J connectivity index is 1.51. The van der Waals surface area contributed by atoms with Crippen LogP contribution in [0, 0.1) is 0 Å². The number of aromatic nitrogens is 3. The summed E-state index contributed by atoms with van der Waals surface area (Å²) >= 11 is 5.97. The summed E-state index contributed by atoms with van der Waals surface area (Å²) in [6.07, 6.45) is -0.754. The van der Waals surface area contributed by atoms with E-state index in [9.17, 15) is 10.2 Å². The van der Waals surface area contributed by atoms with E-state index in [1.807, 2.05) is 30.3 Å². The Hall–Kier alpha value is -3.09. The SMILES string of the molecule is Oc1cc(OCC(O)c2ccccc2)ccc1-n1nc2ccc(Cl)cc2n1. The van der Waals surface area contributed by atoms with E-state index in [-0.39, 0.29) is 12.4 Å². The van der Waals surface area contributed by atoms with Gasteiger partial charge in [0.2, 0.25) is 0 Å². The number of ether oxygens (including phenoxy) is 1. The molecule has 0 fully saturated rings. The average molecular weight is 382 g/mol. The number of rotatable bonds is 5. The highest BCUT2D eigenvalue weighted by molar-refractivity contribution is 6.31. The van der Waals surface area contributed by atoms with E-state index in [1.165, 1.54) is 10.9 Å². The molecule has 0 aliphatic rings. The number of benzene rings is 3. The van der Waals surface area contributed by atoms with Crippen molar-refractivity contribution in [2.45, 2.75) is 6.10 Å². The summed E-state index contributed by atoms with van der Waals surface area (Å²) in [5.74, 6) is 0.402. The van der Waals surface area contributed by atoms with Gasteiger partial charge in [0.05, 0.1) is 0 Å². The van der Waals surface area contributed by atoms with Gasteiger partial charge in [-0.3, -0.25) is 0 Å². The van der Waals surface area contributed by atoms with Gasteiger partial charge in [-0.15, -0.1) is 15.0 Å². The summed E-state index contributed by atoms with van der Waals surface area (Å²) in [5, 5.41) is 29.7. The first-order valence-corrected chi connectivity index (χ1v) is 8.70. The first-order valence-electron chi connectivity index (χ1n) is 8.32. The number of nitrogens with zero attached hydrogens (tertiary/aromatic N) is 3. The van der Waals surface area contributed by atoms with Crippen LogP contribution in [0.5, 0.6) is 11.5 Å². The van der Waals surface area contributed by atoms with Crippen LogP contribution in [-0.2, 0) is 0 Å². The molecule has 1 atom stereocenters. The smallest absolute Gasteiger partial charge is 0.146 e. The van der Waals surface area contributed by atoms with E-state index in [4.69, 9.17) is 16.3 Å². The highest BCUT2D eigenvalue weighted by Crippen LogP contribution is 2.28. The molecule has 3 aromatic carbocycles. The second kappa shape index (κ2) is 7.26. The molecule has 1 heterocycles. The molecule has 0 bridgehead atoms. The zero-order valence-corrected chi connectivity index (χ0v) is 14.9. The second-order valence-corrected chi connectivity index (χ2v) is 6.45. The quantitative estimate of drug-likeness (QED) is 0.548. The van der Waals surface area contributed by atoms with E-state index in [0.29, 0.717) is 27.5 Å². The third kappa shape index (κ3) is 3.72. The normalized spacial score (nSPS) is 12.2. The van der Waals surface area contributed by atoms with Crippen molar-refractivity contribution < 1.29 is 14.9 Å². The standard InChI is InChI=1S/C20H16ClN3O3/c21-14-6-8-16-17(10-14)23-24(22-16)18-9-7-15(11-19(18)25)27-12-20(26)13-4-2-1-3-5-13/h1-11,20,25-26H,12H2. The minimum absolute atomic E-state index is 0.0342. The van der Waals surface area contributed by atoms with E-state index < -0.39 is 6.10 Å². The Bertz CT molecular complexity index is 1080. The first-order chi connectivity index (χ1) is 13.1. The van der Waals surface area contributed by atoms with Crippen molar-refractivity contribution in [2.75, 3.05) is 6.61 Å². The van der Waals surface area contributed by atoms with Gasteiger partial charge in [0.1, 0.15) is 40.9 Å². The predicted molar refractivity (Wildman–Crippen MR) is 102 cm³/mol. The van der Waals surface area contributed by atoms with Gasteiger partial charge in [0, 0.05) is 11.1 Å². The van der Waals surface area contributed by atoms with Crippen LogP contribution in [0.1, 0.15) is 11.7 Å². The molecule has 0 saturated carbocycles. The molecule has 6 nitrogen and oxygen atoms in total. The molecule has 1 aromatic heterocycles. The van der Waals surface area contributed by atoms with Gasteiger partial charge in [-0.1, -0.05) is 41.9 Å².